The van der Waals surface area contributed by atoms with Crippen LogP contribution < -0.4 is 0 Å². The van der Waals surface area contributed by atoms with Crippen molar-refractivity contribution < 1.29 is 0 Å². The fraction of sp³-hybridized carbons (Fsp3) is 0.238. The Kier molecular flexibility index (Phi) is 1.96. The van der Waals surface area contributed by atoms with Crippen molar-refractivity contribution >= 4 is 10.8 Å². The highest BCUT2D eigenvalue weighted by atomic mass is 14.4. The van der Waals surface area contributed by atoms with Gasteiger partial charge in [0.2, 0.25) is 0 Å². The molecule has 3 aromatic carbocycles. The molecule has 0 N–H and O–H groups in total. The van der Waals surface area contributed by atoms with Gasteiger partial charge in [-0.2, -0.15) is 0 Å². The third-order valence-electron chi connectivity index (χ3n) is 5.54. The SMILES string of the molecule is CC1(C)c2ccccc2-c2c1cc1c3c(cccc23)CC1. The molecular formula is C21H18. The van der Waals surface area contributed by atoms with Gasteiger partial charge >= 0.3 is 0 Å². The largest absolute Gasteiger partial charge is 0.0619 e. The molecule has 5 rings (SSSR count). The summed E-state index contributed by atoms with van der Waals surface area (Å²) in [4.78, 5) is 0. The minimum Gasteiger partial charge on any atom is -0.0619 e. The van der Waals surface area contributed by atoms with Gasteiger partial charge in [0.25, 0.3) is 0 Å². The van der Waals surface area contributed by atoms with Crippen molar-refractivity contribution in [3.8, 4) is 11.1 Å². The number of aryl methyl sites for hydroxylation is 2. The minimum absolute atomic E-state index is 0.120. The van der Waals surface area contributed by atoms with Crippen molar-refractivity contribution in [2.45, 2.75) is 32.1 Å². The van der Waals surface area contributed by atoms with Crippen molar-refractivity contribution in [2.24, 2.45) is 0 Å². The van der Waals surface area contributed by atoms with Crippen LogP contribution in [-0.4, -0.2) is 0 Å². The van der Waals surface area contributed by atoms with Crippen molar-refractivity contribution in [1.29, 1.82) is 0 Å². The number of hydrogen-bond acceptors (Lipinski definition) is 0. The van der Waals surface area contributed by atoms with Crippen molar-refractivity contribution in [3.05, 3.63) is 70.8 Å². The standard InChI is InChI=1S/C21H18/c1-21(2)17-9-4-3-7-15(17)20-16-8-5-6-13-10-11-14(19(13)16)12-18(20)21/h3-9,12H,10-11H2,1-2H3. The van der Waals surface area contributed by atoms with Gasteiger partial charge in [0.1, 0.15) is 0 Å². The third kappa shape index (κ3) is 1.26. The van der Waals surface area contributed by atoms with Crippen LogP contribution in [0.4, 0.5) is 0 Å². The van der Waals surface area contributed by atoms with E-state index < -0.39 is 0 Å². The number of hydrogen-bond donors (Lipinski definition) is 0. The summed E-state index contributed by atoms with van der Waals surface area (Å²) >= 11 is 0. The first-order chi connectivity index (χ1) is 10.2. The summed E-state index contributed by atoms with van der Waals surface area (Å²) in [5, 5.41) is 3.00. The van der Waals surface area contributed by atoms with E-state index in [1.807, 2.05) is 0 Å². The molecule has 0 nitrogen and oxygen atoms in total. The second-order valence-corrected chi connectivity index (χ2v) is 6.97. The zero-order valence-electron chi connectivity index (χ0n) is 12.5. The van der Waals surface area contributed by atoms with E-state index in [9.17, 15) is 0 Å². The van der Waals surface area contributed by atoms with Crippen molar-refractivity contribution in [1.82, 2.24) is 0 Å². The molecule has 0 unspecified atom stereocenters. The van der Waals surface area contributed by atoms with Crippen LogP contribution >= 0.6 is 0 Å². The number of benzene rings is 3. The van der Waals surface area contributed by atoms with Crippen LogP contribution in [-0.2, 0) is 18.3 Å². The molecule has 0 spiro atoms. The van der Waals surface area contributed by atoms with Gasteiger partial charge in [0.05, 0.1) is 0 Å². The van der Waals surface area contributed by atoms with E-state index in [0.29, 0.717) is 0 Å². The monoisotopic (exact) mass is 270 g/mol. The Morgan fingerprint density at radius 3 is 2.52 bits per heavy atom. The van der Waals surface area contributed by atoms with Crippen molar-refractivity contribution in [3.63, 3.8) is 0 Å². The molecule has 21 heavy (non-hydrogen) atoms. The van der Waals surface area contributed by atoms with Gasteiger partial charge in [-0.25, -0.2) is 0 Å². The second-order valence-electron chi connectivity index (χ2n) is 6.97. The Morgan fingerprint density at radius 2 is 1.62 bits per heavy atom. The van der Waals surface area contributed by atoms with E-state index in [1.54, 1.807) is 5.56 Å². The first-order valence-corrected chi connectivity index (χ1v) is 7.86. The molecule has 0 bridgehead atoms. The fourth-order valence-electron chi connectivity index (χ4n) is 4.50. The summed E-state index contributed by atoms with van der Waals surface area (Å²) in [5.41, 5.74) is 9.13. The molecule has 0 aromatic heterocycles. The summed E-state index contributed by atoms with van der Waals surface area (Å²) in [7, 11) is 0. The van der Waals surface area contributed by atoms with E-state index in [-0.39, 0.29) is 5.41 Å². The molecule has 0 amide bonds. The topological polar surface area (TPSA) is 0 Å². The summed E-state index contributed by atoms with van der Waals surface area (Å²) in [6, 6.07) is 18.3. The second kappa shape index (κ2) is 3.57. The van der Waals surface area contributed by atoms with E-state index >= 15 is 0 Å². The molecule has 102 valence electrons. The van der Waals surface area contributed by atoms with Gasteiger partial charge in [0, 0.05) is 5.41 Å². The van der Waals surface area contributed by atoms with E-state index in [1.165, 1.54) is 51.4 Å². The first kappa shape index (κ1) is 11.6. The van der Waals surface area contributed by atoms with Gasteiger partial charge in [-0.3, -0.25) is 0 Å². The lowest BCUT2D eigenvalue weighted by Crippen LogP contribution is -2.15. The average molecular weight is 270 g/mol. The van der Waals surface area contributed by atoms with Gasteiger partial charge in [-0.1, -0.05) is 62.4 Å². The van der Waals surface area contributed by atoms with Gasteiger partial charge < -0.3 is 0 Å². The lowest BCUT2D eigenvalue weighted by Gasteiger charge is -2.22. The van der Waals surface area contributed by atoms with Crippen molar-refractivity contribution in [2.75, 3.05) is 0 Å². The predicted octanol–water partition coefficient (Wildman–Crippen LogP) is 5.24. The molecule has 0 heterocycles. The van der Waals surface area contributed by atoms with E-state index in [0.717, 1.165) is 0 Å². The average Bonchev–Trinajstić information content (AvgIpc) is 3.01. The van der Waals surface area contributed by atoms with E-state index in [2.05, 4.69) is 62.4 Å². The summed E-state index contributed by atoms with van der Waals surface area (Å²) in [6.07, 6.45) is 2.41. The molecule has 0 heteroatoms. The molecule has 0 atom stereocenters. The van der Waals surface area contributed by atoms with E-state index in [4.69, 9.17) is 0 Å². The molecule has 0 saturated heterocycles. The van der Waals surface area contributed by atoms with Gasteiger partial charge in [-0.05, 0) is 57.0 Å². The van der Waals surface area contributed by atoms with Crippen LogP contribution in [0, 0.1) is 0 Å². The molecule has 2 aliphatic carbocycles. The molecule has 0 fully saturated rings. The zero-order chi connectivity index (χ0) is 14.2. The number of rotatable bonds is 0. The summed E-state index contributed by atoms with van der Waals surface area (Å²) < 4.78 is 0. The molecule has 0 saturated carbocycles. The third-order valence-corrected chi connectivity index (χ3v) is 5.54. The summed E-state index contributed by atoms with van der Waals surface area (Å²) in [5.74, 6) is 0. The van der Waals surface area contributed by atoms with Crippen LogP contribution in [0.15, 0.2) is 48.5 Å². The lowest BCUT2D eigenvalue weighted by atomic mass is 9.81. The summed E-state index contributed by atoms with van der Waals surface area (Å²) in [6.45, 7) is 4.74. The normalized spacial score (nSPS) is 17.0. The van der Waals surface area contributed by atoms with Crippen LogP contribution in [0.5, 0.6) is 0 Å². The number of fused-ring (bicyclic) bond motifs is 4. The van der Waals surface area contributed by atoms with Gasteiger partial charge in [0.15, 0.2) is 0 Å². The molecule has 3 aromatic rings. The molecule has 0 radical (unpaired) electrons. The highest BCUT2D eigenvalue weighted by Crippen LogP contribution is 2.52. The molecule has 2 aliphatic rings. The maximum absolute atomic E-state index is 2.49. The predicted molar refractivity (Wildman–Crippen MR) is 88.9 cm³/mol. The Bertz CT molecular complexity index is 913. The van der Waals surface area contributed by atoms with Crippen LogP contribution in [0.2, 0.25) is 0 Å². The Balaban J connectivity index is 2.03. The Morgan fingerprint density at radius 1 is 0.810 bits per heavy atom. The first-order valence-electron chi connectivity index (χ1n) is 7.86. The maximum atomic E-state index is 2.49. The molecule has 0 aliphatic heterocycles. The lowest BCUT2D eigenvalue weighted by molar-refractivity contribution is 0.660. The maximum Gasteiger partial charge on any atom is 0.0159 e. The van der Waals surface area contributed by atoms with Gasteiger partial charge in [-0.15, -0.1) is 0 Å². The highest BCUT2D eigenvalue weighted by Gasteiger charge is 2.37. The van der Waals surface area contributed by atoms with Crippen LogP contribution in [0.25, 0.3) is 21.9 Å². The van der Waals surface area contributed by atoms with Crippen LogP contribution in [0.1, 0.15) is 36.1 Å². The molecular weight excluding hydrogens is 252 g/mol. The Hall–Kier alpha value is -2.08. The zero-order valence-corrected chi connectivity index (χ0v) is 12.5. The minimum atomic E-state index is 0.120. The fourth-order valence-corrected chi connectivity index (χ4v) is 4.50. The quantitative estimate of drug-likeness (QED) is 0.523. The smallest absolute Gasteiger partial charge is 0.0159 e. The van der Waals surface area contributed by atoms with Crippen LogP contribution in [0.3, 0.4) is 0 Å². The Labute approximate surface area is 125 Å². The highest BCUT2D eigenvalue weighted by molar-refractivity contribution is 6.05.